The Bertz CT molecular complexity index is 901. The Hall–Kier alpha value is -2.66. The van der Waals surface area contributed by atoms with Gasteiger partial charge in [-0.05, 0) is 37.1 Å². The lowest BCUT2D eigenvalue weighted by molar-refractivity contribution is -0.121. The molecule has 5 heteroatoms. The molecule has 0 spiro atoms. The molecule has 1 N–H and O–H groups in total. The Kier molecular flexibility index (Phi) is 5.68. The number of para-hydroxylation sites is 2. The highest BCUT2D eigenvalue weighted by Crippen LogP contribution is 2.21. The predicted molar refractivity (Wildman–Crippen MR) is 103 cm³/mol. The first-order chi connectivity index (χ1) is 12.6. The second-order valence-corrected chi connectivity index (χ2v) is 6.50. The molecule has 1 atom stereocenters. The number of ether oxygens (including phenoxy) is 1. The molecular formula is C21H25N3O2. The maximum absolute atomic E-state index is 12.5. The summed E-state index contributed by atoms with van der Waals surface area (Å²) in [6.07, 6.45) is 0.370. The number of carbonyl (C=O) groups is 1. The molecule has 0 saturated heterocycles. The topological polar surface area (TPSA) is 56.1 Å². The molecule has 0 bridgehead atoms. The van der Waals surface area contributed by atoms with Crippen LogP contribution in [0, 0.1) is 6.92 Å². The number of aryl methyl sites for hydroxylation is 1. The minimum absolute atomic E-state index is 0.00264. The van der Waals surface area contributed by atoms with Crippen LogP contribution in [0.1, 0.15) is 29.9 Å². The fraction of sp³-hybridized carbons (Fsp3) is 0.333. The zero-order chi connectivity index (χ0) is 18.5. The van der Waals surface area contributed by atoms with Gasteiger partial charge in [0.15, 0.2) is 0 Å². The molecule has 1 aromatic heterocycles. The number of imidazole rings is 1. The van der Waals surface area contributed by atoms with Gasteiger partial charge in [0.2, 0.25) is 5.91 Å². The van der Waals surface area contributed by atoms with E-state index >= 15 is 0 Å². The summed E-state index contributed by atoms with van der Waals surface area (Å²) < 4.78 is 7.36. The van der Waals surface area contributed by atoms with Crippen molar-refractivity contribution in [2.24, 2.45) is 0 Å². The van der Waals surface area contributed by atoms with Gasteiger partial charge in [-0.15, -0.1) is 0 Å². The van der Waals surface area contributed by atoms with Crippen molar-refractivity contribution in [2.75, 3.05) is 13.7 Å². The smallest absolute Gasteiger partial charge is 0.225 e. The lowest BCUT2D eigenvalue weighted by atomic mass is 10.1. The number of methoxy groups -OCH3 is 1. The van der Waals surface area contributed by atoms with Gasteiger partial charge in [-0.3, -0.25) is 4.79 Å². The van der Waals surface area contributed by atoms with Crippen molar-refractivity contribution in [3.05, 3.63) is 65.5 Å². The minimum Gasteiger partial charge on any atom is -0.383 e. The van der Waals surface area contributed by atoms with Crippen molar-refractivity contribution in [3.63, 3.8) is 0 Å². The van der Waals surface area contributed by atoms with E-state index in [2.05, 4.69) is 9.88 Å². The largest absolute Gasteiger partial charge is 0.383 e. The number of hydrogen-bond acceptors (Lipinski definition) is 3. The van der Waals surface area contributed by atoms with Gasteiger partial charge in [-0.25, -0.2) is 4.98 Å². The van der Waals surface area contributed by atoms with Crippen molar-refractivity contribution in [1.82, 2.24) is 14.9 Å². The highest BCUT2D eigenvalue weighted by molar-refractivity contribution is 5.80. The van der Waals surface area contributed by atoms with Crippen LogP contribution < -0.4 is 5.32 Å². The van der Waals surface area contributed by atoms with Crippen molar-refractivity contribution < 1.29 is 9.53 Å². The molecular weight excluding hydrogens is 326 g/mol. The average Bonchev–Trinajstić information content (AvgIpc) is 3.00. The molecule has 1 amide bonds. The molecule has 26 heavy (non-hydrogen) atoms. The number of nitrogens with one attached hydrogen (secondary N) is 1. The normalized spacial score (nSPS) is 12.3. The maximum Gasteiger partial charge on any atom is 0.225 e. The van der Waals surface area contributed by atoms with Gasteiger partial charge in [-0.1, -0.05) is 36.4 Å². The second-order valence-electron chi connectivity index (χ2n) is 6.50. The van der Waals surface area contributed by atoms with Crippen LogP contribution in [0.25, 0.3) is 11.0 Å². The third-order valence-electron chi connectivity index (χ3n) is 4.58. The quantitative estimate of drug-likeness (QED) is 0.710. The monoisotopic (exact) mass is 351 g/mol. The molecule has 1 heterocycles. The van der Waals surface area contributed by atoms with E-state index in [1.807, 2.05) is 62.4 Å². The van der Waals surface area contributed by atoms with Crippen LogP contribution >= 0.6 is 0 Å². The van der Waals surface area contributed by atoms with Crippen LogP contribution in [-0.4, -0.2) is 29.2 Å². The zero-order valence-electron chi connectivity index (χ0n) is 15.5. The molecule has 5 nitrogen and oxygen atoms in total. The number of fused-ring (bicyclic) bond motifs is 1. The van der Waals surface area contributed by atoms with Crippen LogP contribution in [-0.2, 0) is 22.5 Å². The summed E-state index contributed by atoms with van der Waals surface area (Å²) in [5.74, 6) is 0.846. The predicted octanol–water partition coefficient (Wildman–Crippen LogP) is 3.41. The molecule has 0 aliphatic carbocycles. The molecule has 3 rings (SSSR count). The van der Waals surface area contributed by atoms with Crippen molar-refractivity contribution in [2.45, 2.75) is 32.9 Å². The molecule has 0 radical (unpaired) electrons. The fourth-order valence-corrected chi connectivity index (χ4v) is 3.18. The van der Waals surface area contributed by atoms with Crippen molar-refractivity contribution >= 4 is 16.9 Å². The van der Waals surface area contributed by atoms with Crippen LogP contribution in [0.4, 0.5) is 0 Å². The molecule has 0 aliphatic heterocycles. The SMILES string of the molecule is COCCn1c(C(C)NC(=O)Cc2ccccc2C)nc2ccccc21. The van der Waals surface area contributed by atoms with Gasteiger partial charge in [0.05, 0.1) is 30.1 Å². The van der Waals surface area contributed by atoms with Gasteiger partial charge >= 0.3 is 0 Å². The number of aromatic nitrogens is 2. The summed E-state index contributed by atoms with van der Waals surface area (Å²) in [7, 11) is 1.69. The Balaban J connectivity index is 1.79. The van der Waals surface area contributed by atoms with E-state index in [9.17, 15) is 4.79 Å². The minimum atomic E-state index is -0.184. The van der Waals surface area contributed by atoms with E-state index < -0.39 is 0 Å². The van der Waals surface area contributed by atoms with Gasteiger partial charge in [-0.2, -0.15) is 0 Å². The third-order valence-corrected chi connectivity index (χ3v) is 4.58. The summed E-state index contributed by atoms with van der Waals surface area (Å²) in [6.45, 7) is 5.29. The summed E-state index contributed by atoms with van der Waals surface area (Å²) in [5, 5.41) is 3.09. The Morgan fingerprint density at radius 2 is 1.92 bits per heavy atom. The molecule has 1 unspecified atom stereocenters. The lowest BCUT2D eigenvalue weighted by Gasteiger charge is -2.16. The van der Waals surface area contributed by atoms with Crippen molar-refractivity contribution in [1.29, 1.82) is 0 Å². The van der Waals surface area contributed by atoms with Gasteiger partial charge in [0.25, 0.3) is 0 Å². The molecule has 0 saturated carbocycles. The molecule has 0 aliphatic rings. The Morgan fingerprint density at radius 1 is 1.19 bits per heavy atom. The highest BCUT2D eigenvalue weighted by atomic mass is 16.5. The van der Waals surface area contributed by atoms with Gasteiger partial charge < -0.3 is 14.6 Å². The molecule has 2 aromatic carbocycles. The number of nitrogens with zero attached hydrogens (tertiary/aromatic N) is 2. The van der Waals surface area contributed by atoms with Crippen LogP contribution in [0.15, 0.2) is 48.5 Å². The van der Waals surface area contributed by atoms with Crippen molar-refractivity contribution in [3.8, 4) is 0 Å². The van der Waals surface area contributed by atoms with Crippen LogP contribution in [0.2, 0.25) is 0 Å². The molecule has 3 aromatic rings. The highest BCUT2D eigenvalue weighted by Gasteiger charge is 2.18. The third kappa shape index (κ3) is 3.94. The number of amides is 1. The summed E-state index contributed by atoms with van der Waals surface area (Å²) in [4.78, 5) is 17.3. The first-order valence-corrected chi connectivity index (χ1v) is 8.88. The summed E-state index contributed by atoms with van der Waals surface area (Å²) in [6, 6.07) is 15.8. The van der Waals surface area contributed by atoms with E-state index in [4.69, 9.17) is 9.72 Å². The molecule has 136 valence electrons. The maximum atomic E-state index is 12.5. The Morgan fingerprint density at radius 3 is 2.69 bits per heavy atom. The standard InChI is InChI=1S/C21H25N3O2/c1-15-8-4-5-9-17(15)14-20(25)22-16(2)21-23-18-10-6-7-11-19(18)24(21)12-13-26-3/h4-11,16H,12-14H2,1-3H3,(H,22,25). The summed E-state index contributed by atoms with van der Waals surface area (Å²) >= 11 is 0. The number of hydrogen-bond donors (Lipinski definition) is 1. The first kappa shape index (κ1) is 18.1. The van der Waals surface area contributed by atoms with E-state index in [1.54, 1.807) is 7.11 Å². The van der Waals surface area contributed by atoms with E-state index in [1.165, 1.54) is 0 Å². The average molecular weight is 351 g/mol. The number of benzene rings is 2. The molecule has 0 fully saturated rings. The second kappa shape index (κ2) is 8.15. The van der Waals surface area contributed by atoms with Gasteiger partial charge in [0, 0.05) is 13.7 Å². The van der Waals surface area contributed by atoms with Gasteiger partial charge in [0.1, 0.15) is 5.82 Å². The van der Waals surface area contributed by atoms with E-state index in [0.717, 1.165) is 28.0 Å². The summed E-state index contributed by atoms with van der Waals surface area (Å²) in [5.41, 5.74) is 4.16. The number of rotatable bonds is 7. The van der Waals surface area contributed by atoms with E-state index in [-0.39, 0.29) is 11.9 Å². The number of carbonyl (C=O) groups excluding carboxylic acids is 1. The zero-order valence-corrected chi connectivity index (χ0v) is 15.5. The van der Waals surface area contributed by atoms with E-state index in [0.29, 0.717) is 19.6 Å². The first-order valence-electron chi connectivity index (χ1n) is 8.88. The van der Waals surface area contributed by atoms with Crippen LogP contribution in [0.5, 0.6) is 0 Å². The van der Waals surface area contributed by atoms with Crippen LogP contribution in [0.3, 0.4) is 0 Å². The lowest BCUT2D eigenvalue weighted by Crippen LogP contribution is -2.30. The Labute approximate surface area is 154 Å². The fourth-order valence-electron chi connectivity index (χ4n) is 3.18.